The standard InChI is InChI=1S/C45H77N5O16/c1-24(2)17-27(47-23-45-35(64-43(11,12)66-45)33-31(21-58-45)60-41(7,8)62-33)37(53)50-29(19-51)38(54)48-26(36(52)49-28(39(55)56)18-25(3)4)15-13-14-16-46-22-44-34(63-42(9,10)65-44)32-30(20-57-44)59-40(5,6)61-32/h24-35,46-47,51H,13-23H2,1-12H3,(H,48,54)(H,49,52)(H,50,53)(H,55,56)/t26-,27-,28-,29-,30+,31+,32+,33+,34-,35-,44-,45-/m0/s1. The number of aliphatic hydroxyl groups excluding tert-OH is 1. The number of nitrogens with one attached hydrogen (secondary N) is 5. The molecule has 0 radical (unpaired) electrons. The van der Waals surface area contributed by atoms with Crippen molar-refractivity contribution in [1.29, 1.82) is 0 Å². The third-order valence-corrected chi connectivity index (χ3v) is 12.4. The highest BCUT2D eigenvalue weighted by Crippen LogP contribution is 2.49. The van der Waals surface area contributed by atoms with Gasteiger partial charge in [0.1, 0.15) is 54.7 Å². The van der Waals surface area contributed by atoms with Gasteiger partial charge >= 0.3 is 5.97 Å². The SMILES string of the molecule is CC(C)C[C@H](NC(=O)[C@H](CCCCNC[C@@]12OC[C@H]3OC(C)(C)O[C@H]3[C@@H]1OC(C)(C)O2)NC(=O)[C@H](CO)NC(=O)[C@H](CC(C)C)NC[C@@]12OC[C@H]3OC(C)(C)O[C@H]3[C@@H]1OC(C)(C)O2)C(=O)O. The molecule has 0 bridgehead atoms. The molecule has 0 saturated carbocycles. The Balaban J connectivity index is 1.07. The molecule has 0 unspecified atom stereocenters. The van der Waals surface area contributed by atoms with E-state index in [0.29, 0.717) is 25.8 Å². The van der Waals surface area contributed by atoms with Crippen molar-refractivity contribution in [1.82, 2.24) is 26.6 Å². The number of carboxylic acids is 1. The van der Waals surface area contributed by atoms with Crippen molar-refractivity contribution >= 4 is 23.7 Å². The van der Waals surface area contributed by atoms with Crippen LogP contribution >= 0.6 is 0 Å². The van der Waals surface area contributed by atoms with Gasteiger partial charge < -0.3 is 84.2 Å². The molecule has 12 atom stereocenters. The molecular weight excluding hydrogens is 867 g/mol. The molecule has 7 N–H and O–H groups in total. The van der Waals surface area contributed by atoms with Crippen LogP contribution in [0.2, 0.25) is 0 Å². The highest BCUT2D eigenvalue weighted by molar-refractivity contribution is 5.94. The Morgan fingerprint density at radius 2 is 1.03 bits per heavy atom. The molecule has 6 rings (SSSR count). The number of carbonyl (C=O) groups excluding carboxylic acids is 3. The van der Waals surface area contributed by atoms with Crippen molar-refractivity contribution in [3.63, 3.8) is 0 Å². The van der Waals surface area contributed by atoms with E-state index < -0.39 is 114 Å². The number of fused-ring (bicyclic) bond motifs is 6. The van der Waals surface area contributed by atoms with E-state index >= 15 is 0 Å². The van der Waals surface area contributed by atoms with Crippen LogP contribution in [0, 0.1) is 11.8 Å². The van der Waals surface area contributed by atoms with Crippen molar-refractivity contribution in [2.45, 2.75) is 211 Å². The Labute approximate surface area is 388 Å². The lowest BCUT2D eigenvalue weighted by atomic mass is 9.96. The van der Waals surface area contributed by atoms with E-state index in [1.807, 2.05) is 69.2 Å². The van der Waals surface area contributed by atoms with Crippen molar-refractivity contribution in [2.24, 2.45) is 11.8 Å². The number of hydrogen-bond acceptors (Lipinski definition) is 17. The zero-order chi connectivity index (χ0) is 48.6. The smallest absolute Gasteiger partial charge is 0.326 e. The fraction of sp³-hybridized carbons (Fsp3) is 0.911. The van der Waals surface area contributed by atoms with E-state index in [4.69, 9.17) is 47.4 Å². The summed E-state index contributed by atoms with van der Waals surface area (Å²) in [4.78, 5) is 53.8. The predicted octanol–water partition coefficient (Wildman–Crippen LogP) is 1.12. The van der Waals surface area contributed by atoms with E-state index in [2.05, 4.69) is 26.6 Å². The first kappa shape index (κ1) is 52.7. The van der Waals surface area contributed by atoms with Gasteiger partial charge in [0.15, 0.2) is 23.1 Å². The van der Waals surface area contributed by atoms with Crippen LogP contribution in [0.3, 0.4) is 0 Å². The zero-order valence-corrected chi connectivity index (χ0v) is 40.8. The number of carboxylic acid groups (broad SMARTS) is 1. The normalized spacial score (nSPS) is 34.1. The van der Waals surface area contributed by atoms with Crippen LogP contribution in [0.1, 0.15) is 115 Å². The molecule has 6 saturated heterocycles. The van der Waals surface area contributed by atoms with Gasteiger partial charge in [-0.25, -0.2) is 4.79 Å². The summed E-state index contributed by atoms with van der Waals surface area (Å²) in [5.74, 6) is -9.45. The van der Waals surface area contributed by atoms with Crippen molar-refractivity contribution in [3.05, 3.63) is 0 Å². The molecule has 378 valence electrons. The molecule has 0 aromatic carbocycles. The van der Waals surface area contributed by atoms with Crippen LogP contribution < -0.4 is 26.6 Å². The average molecular weight is 944 g/mol. The summed E-state index contributed by atoms with van der Waals surface area (Å²) < 4.78 is 62.4. The van der Waals surface area contributed by atoms with E-state index in [1.54, 1.807) is 13.8 Å². The first-order valence-electron chi connectivity index (χ1n) is 23.6. The molecule has 3 amide bonds. The molecule has 21 nitrogen and oxygen atoms in total. The van der Waals surface area contributed by atoms with Crippen LogP contribution in [0.15, 0.2) is 0 Å². The van der Waals surface area contributed by atoms with Gasteiger partial charge in [0.2, 0.25) is 29.3 Å². The summed E-state index contributed by atoms with van der Waals surface area (Å²) >= 11 is 0. The highest BCUT2D eigenvalue weighted by atomic mass is 16.9. The highest BCUT2D eigenvalue weighted by Gasteiger charge is 2.66. The van der Waals surface area contributed by atoms with E-state index in [-0.39, 0.29) is 63.2 Å². The van der Waals surface area contributed by atoms with Gasteiger partial charge in [0.05, 0.1) is 39.0 Å². The maximum atomic E-state index is 14.0. The number of hydrogen-bond donors (Lipinski definition) is 7. The largest absolute Gasteiger partial charge is 0.480 e. The quantitative estimate of drug-likeness (QED) is 0.0751. The van der Waals surface area contributed by atoms with Crippen molar-refractivity contribution in [2.75, 3.05) is 39.5 Å². The fourth-order valence-electron chi connectivity index (χ4n) is 9.82. The van der Waals surface area contributed by atoms with Gasteiger partial charge in [0, 0.05) is 0 Å². The van der Waals surface area contributed by atoms with Crippen LogP contribution in [0.25, 0.3) is 0 Å². The molecule has 0 aliphatic carbocycles. The molecule has 6 aliphatic rings. The molecule has 66 heavy (non-hydrogen) atoms. The maximum Gasteiger partial charge on any atom is 0.326 e. The van der Waals surface area contributed by atoms with E-state index in [0.717, 1.165) is 0 Å². The summed E-state index contributed by atoms with van der Waals surface area (Å²) in [6.45, 7) is 22.5. The molecule has 0 aromatic heterocycles. The summed E-state index contributed by atoms with van der Waals surface area (Å²) in [5.41, 5.74) is 0. The molecule has 21 heteroatoms. The van der Waals surface area contributed by atoms with Crippen LogP contribution in [-0.2, 0) is 66.5 Å². The first-order chi connectivity index (χ1) is 30.7. The lowest BCUT2D eigenvalue weighted by Crippen LogP contribution is -2.64. The molecule has 0 aromatic rings. The molecule has 6 aliphatic heterocycles. The van der Waals surface area contributed by atoms with Crippen molar-refractivity contribution in [3.8, 4) is 0 Å². The van der Waals surface area contributed by atoms with E-state index in [9.17, 15) is 29.4 Å². The lowest BCUT2D eigenvalue weighted by Gasteiger charge is -2.41. The summed E-state index contributed by atoms with van der Waals surface area (Å²) in [6, 6.07) is -4.73. The minimum absolute atomic E-state index is 0.0171. The third kappa shape index (κ3) is 12.6. The lowest BCUT2D eigenvalue weighted by molar-refractivity contribution is -0.278. The van der Waals surface area contributed by atoms with E-state index in [1.165, 1.54) is 0 Å². The Bertz CT molecular complexity index is 1730. The fourth-order valence-corrected chi connectivity index (χ4v) is 9.82. The van der Waals surface area contributed by atoms with Crippen LogP contribution in [0.4, 0.5) is 0 Å². The minimum Gasteiger partial charge on any atom is -0.480 e. The third-order valence-electron chi connectivity index (χ3n) is 12.4. The molecular formula is C45H77N5O16. The Kier molecular flexibility index (Phi) is 16.3. The molecule has 6 fully saturated rings. The Hall–Kier alpha value is -2.64. The maximum absolute atomic E-state index is 14.0. The Morgan fingerprint density at radius 3 is 1.53 bits per heavy atom. The number of ether oxygens (including phenoxy) is 10. The van der Waals surface area contributed by atoms with Gasteiger partial charge in [-0.3, -0.25) is 14.4 Å². The summed E-state index contributed by atoms with van der Waals surface area (Å²) in [7, 11) is 0. The molecule has 0 spiro atoms. The second-order valence-corrected chi connectivity index (χ2v) is 21.2. The zero-order valence-electron chi connectivity index (χ0n) is 40.8. The number of unbranched alkanes of at least 4 members (excludes halogenated alkanes) is 1. The minimum atomic E-state index is -1.45. The van der Waals surface area contributed by atoms with Gasteiger partial charge in [-0.2, -0.15) is 0 Å². The van der Waals surface area contributed by atoms with Crippen LogP contribution in [0.5, 0.6) is 0 Å². The molecule has 6 heterocycles. The second kappa shape index (κ2) is 20.4. The second-order valence-electron chi connectivity index (χ2n) is 21.2. The first-order valence-corrected chi connectivity index (χ1v) is 23.6. The average Bonchev–Trinajstić information content (AvgIpc) is 3.88. The number of amides is 3. The number of aliphatic hydroxyl groups is 1. The van der Waals surface area contributed by atoms with Crippen molar-refractivity contribution < 1.29 is 76.8 Å². The Morgan fingerprint density at radius 1 is 0.576 bits per heavy atom. The van der Waals surface area contributed by atoms with Gasteiger partial charge in [-0.15, -0.1) is 0 Å². The van der Waals surface area contributed by atoms with Gasteiger partial charge in [-0.05, 0) is 106 Å². The van der Waals surface area contributed by atoms with Gasteiger partial charge in [0.25, 0.3) is 0 Å². The summed E-state index contributed by atoms with van der Waals surface area (Å²) in [5, 5.41) is 35.0. The monoisotopic (exact) mass is 944 g/mol. The summed E-state index contributed by atoms with van der Waals surface area (Å²) in [6.07, 6.45) is -1.28. The number of rotatable bonds is 22. The topological polar surface area (TPSA) is 261 Å². The number of carbonyl (C=O) groups is 4. The van der Waals surface area contributed by atoms with Crippen LogP contribution in [-0.4, -0.2) is 169 Å². The van der Waals surface area contributed by atoms with Gasteiger partial charge in [-0.1, -0.05) is 27.7 Å². The predicted molar refractivity (Wildman–Crippen MR) is 233 cm³/mol. The number of aliphatic carboxylic acids is 1.